The zero-order valence-corrected chi connectivity index (χ0v) is 16.3. The molecular weight excluding hydrogens is 385 g/mol. The summed E-state index contributed by atoms with van der Waals surface area (Å²) in [6.07, 6.45) is -4.42. The first-order chi connectivity index (χ1) is 13.7. The summed E-state index contributed by atoms with van der Waals surface area (Å²) >= 11 is 0. The van der Waals surface area contributed by atoms with Crippen molar-refractivity contribution in [2.75, 3.05) is 25.0 Å². The number of amides is 1. The SMILES string of the molecule is CCOC(=O)CN(CC(=O)Nc1ccc(C)cc1)Cc1ccc(C(F)(F)F)cc1. The van der Waals surface area contributed by atoms with Crippen molar-refractivity contribution in [3.63, 3.8) is 0 Å². The van der Waals surface area contributed by atoms with E-state index >= 15 is 0 Å². The van der Waals surface area contributed by atoms with Crippen LogP contribution >= 0.6 is 0 Å². The molecule has 0 unspecified atom stereocenters. The van der Waals surface area contributed by atoms with Crippen molar-refractivity contribution in [3.8, 4) is 0 Å². The van der Waals surface area contributed by atoms with Crippen molar-refractivity contribution in [1.29, 1.82) is 0 Å². The third kappa shape index (κ3) is 7.57. The second-order valence-electron chi connectivity index (χ2n) is 6.56. The van der Waals surface area contributed by atoms with E-state index in [4.69, 9.17) is 4.74 Å². The predicted molar refractivity (Wildman–Crippen MR) is 103 cm³/mol. The zero-order valence-electron chi connectivity index (χ0n) is 16.3. The van der Waals surface area contributed by atoms with Gasteiger partial charge in [0.25, 0.3) is 0 Å². The summed E-state index contributed by atoms with van der Waals surface area (Å²) < 4.78 is 43.1. The minimum Gasteiger partial charge on any atom is -0.465 e. The van der Waals surface area contributed by atoms with Gasteiger partial charge in [0, 0.05) is 12.2 Å². The van der Waals surface area contributed by atoms with E-state index in [2.05, 4.69) is 5.32 Å². The van der Waals surface area contributed by atoms with Gasteiger partial charge in [-0.25, -0.2) is 0 Å². The fourth-order valence-electron chi connectivity index (χ4n) is 2.65. The third-order valence-corrected chi connectivity index (χ3v) is 4.05. The first kappa shape index (κ1) is 22.4. The summed E-state index contributed by atoms with van der Waals surface area (Å²) in [7, 11) is 0. The molecule has 156 valence electrons. The number of carbonyl (C=O) groups excluding carboxylic acids is 2. The van der Waals surface area contributed by atoms with Crippen LogP contribution in [0.3, 0.4) is 0 Å². The van der Waals surface area contributed by atoms with E-state index in [9.17, 15) is 22.8 Å². The number of nitrogens with one attached hydrogen (secondary N) is 1. The van der Waals surface area contributed by atoms with Crippen LogP contribution in [-0.2, 0) is 27.0 Å². The van der Waals surface area contributed by atoms with Crippen LogP contribution in [0, 0.1) is 6.92 Å². The van der Waals surface area contributed by atoms with Crippen molar-refractivity contribution in [2.45, 2.75) is 26.6 Å². The minimum atomic E-state index is -4.42. The summed E-state index contributed by atoms with van der Waals surface area (Å²) in [6, 6.07) is 11.9. The lowest BCUT2D eigenvalue weighted by Gasteiger charge is -2.21. The Hall–Kier alpha value is -2.87. The van der Waals surface area contributed by atoms with Gasteiger partial charge < -0.3 is 10.1 Å². The fraction of sp³-hybridized carbons (Fsp3) is 0.333. The van der Waals surface area contributed by atoms with Crippen LogP contribution in [-0.4, -0.2) is 36.5 Å². The summed E-state index contributed by atoms with van der Waals surface area (Å²) in [5, 5.41) is 2.74. The van der Waals surface area contributed by atoms with Gasteiger partial charge in [0.1, 0.15) is 0 Å². The Balaban J connectivity index is 2.06. The number of halogens is 3. The highest BCUT2D eigenvalue weighted by Gasteiger charge is 2.30. The van der Waals surface area contributed by atoms with Gasteiger partial charge in [0.05, 0.1) is 25.3 Å². The maximum absolute atomic E-state index is 12.7. The molecule has 2 rings (SSSR count). The number of rotatable bonds is 8. The lowest BCUT2D eigenvalue weighted by molar-refractivity contribution is -0.144. The fourth-order valence-corrected chi connectivity index (χ4v) is 2.65. The van der Waals surface area contributed by atoms with Gasteiger partial charge in [-0.3, -0.25) is 14.5 Å². The van der Waals surface area contributed by atoms with E-state index in [1.54, 1.807) is 19.1 Å². The molecule has 0 radical (unpaired) electrons. The first-order valence-corrected chi connectivity index (χ1v) is 9.08. The van der Waals surface area contributed by atoms with Crippen LogP contribution in [0.2, 0.25) is 0 Å². The first-order valence-electron chi connectivity index (χ1n) is 9.08. The third-order valence-electron chi connectivity index (χ3n) is 4.05. The summed E-state index contributed by atoms with van der Waals surface area (Å²) in [5.74, 6) is -0.854. The van der Waals surface area contributed by atoms with Crippen LogP contribution in [0.1, 0.15) is 23.6 Å². The van der Waals surface area contributed by atoms with Crippen molar-refractivity contribution in [2.24, 2.45) is 0 Å². The number of nitrogens with zero attached hydrogens (tertiary/aromatic N) is 1. The number of benzene rings is 2. The van der Waals surface area contributed by atoms with E-state index in [0.717, 1.165) is 17.7 Å². The number of hydrogen-bond donors (Lipinski definition) is 1. The molecular formula is C21H23F3N2O3. The largest absolute Gasteiger partial charge is 0.465 e. The average molecular weight is 408 g/mol. The molecule has 0 aliphatic carbocycles. The molecule has 8 heteroatoms. The average Bonchev–Trinajstić information content (AvgIpc) is 2.63. The minimum absolute atomic E-state index is 0.117. The normalized spacial score (nSPS) is 11.4. The monoisotopic (exact) mass is 408 g/mol. The van der Waals surface area contributed by atoms with Crippen LogP contribution in [0.5, 0.6) is 0 Å². The van der Waals surface area contributed by atoms with Gasteiger partial charge in [-0.1, -0.05) is 29.8 Å². The molecule has 0 aliphatic heterocycles. The van der Waals surface area contributed by atoms with Crippen molar-refractivity contribution in [1.82, 2.24) is 4.90 Å². The topological polar surface area (TPSA) is 58.6 Å². The van der Waals surface area contributed by atoms with E-state index in [1.807, 2.05) is 19.1 Å². The van der Waals surface area contributed by atoms with Gasteiger partial charge in [-0.15, -0.1) is 0 Å². The molecule has 2 aromatic rings. The van der Waals surface area contributed by atoms with Gasteiger partial charge in [0.2, 0.25) is 5.91 Å². The number of alkyl halides is 3. The van der Waals surface area contributed by atoms with Gasteiger partial charge in [-0.05, 0) is 43.7 Å². The number of ether oxygens (including phenoxy) is 1. The van der Waals surface area contributed by atoms with Crippen LogP contribution in [0.15, 0.2) is 48.5 Å². The van der Waals surface area contributed by atoms with E-state index in [1.165, 1.54) is 17.0 Å². The second kappa shape index (κ2) is 10.1. The number of esters is 1. The molecule has 5 nitrogen and oxygen atoms in total. The molecule has 0 saturated carbocycles. The summed E-state index contributed by atoms with van der Waals surface area (Å²) in [6.45, 7) is 3.64. The number of hydrogen-bond acceptors (Lipinski definition) is 4. The van der Waals surface area contributed by atoms with Crippen molar-refractivity contribution < 1.29 is 27.5 Å². The standard InChI is InChI=1S/C21H23F3N2O3/c1-3-29-20(28)14-26(12-16-6-8-17(9-7-16)21(22,23)24)13-19(27)25-18-10-4-15(2)5-11-18/h4-11H,3,12-14H2,1-2H3,(H,25,27). The molecule has 1 N–H and O–H groups in total. The summed E-state index contributed by atoms with van der Waals surface area (Å²) in [5.41, 5.74) is 1.46. The molecule has 0 fully saturated rings. The van der Waals surface area contributed by atoms with Gasteiger partial charge >= 0.3 is 12.1 Å². The molecule has 0 spiro atoms. The van der Waals surface area contributed by atoms with Gasteiger partial charge in [0.15, 0.2) is 0 Å². The Kier molecular flexibility index (Phi) is 7.78. The highest BCUT2D eigenvalue weighted by Crippen LogP contribution is 2.29. The van der Waals surface area contributed by atoms with E-state index < -0.39 is 17.7 Å². The van der Waals surface area contributed by atoms with Crippen LogP contribution < -0.4 is 5.32 Å². The predicted octanol–water partition coefficient (Wildman–Crippen LogP) is 4.02. The summed E-state index contributed by atoms with van der Waals surface area (Å²) in [4.78, 5) is 25.7. The molecule has 2 aromatic carbocycles. The highest BCUT2D eigenvalue weighted by atomic mass is 19.4. The maximum Gasteiger partial charge on any atom is 0.416 e. The Morgan fingerprint density at radius 2 is 1.62 bits per heavy atom. The molecule has 0 atom stereocenters. The Bertz CT molecular complexity index is 819. The lowest BCUT2D eigenvalue weighted by atomic mass is 10.1. The maximum atomic E-state index is 12.7. The van der Waals surface area contributed by atoms with Crippen molar-refractivity contribution in [3.05, 3.63) is 65.2 Å². The molecule has 0 saturated heterocycles. The second-order valence-corrected chi connectivity index (χ2v) is 6.56. The Labute approximate surface area is 167 Å². The van der Waals surface area contributed by atoms with Gasteiger partial charge in [-0.2, -0.15) is 13.2 Å². The zero-order chi connectivity index (χ0) is 21.4. The van der Waals surface area contributed by atoms with E-state index in [-0.39, 0.29) is 32.1 Å². The number of anilines is 1. The van der Waals surface area contributed by atoms with E-state index in [0.29, 0.717) is 11.3 Å². The number of carbonyl (C=O) groups is 2. The van der Waals surface area contributed by atoms with Crippen LogP contribution in [0.4, 0.5) is 18.9 Å². The molecule has 0 bridgehead atoms. The highest BCUT2D eigenvalue weighted by molar-refractivity contribution is 5.92. The quantitative estimate of drug-likeness (QED) is 0.671. The lowest BCUT2D eigenvalue weighted by Crippen LogP contribution is -2.37. The molecule has 29 heavy (non-hydrogen) atoms. The molecule has 0 heterocycles. The Morgan fingerprint density at radius 1 is 1.00 bits per heavy atom. The Morgan fingerprint density at radius 3 is 2.17 bits per heavy atom. The van der Waals surface area contributed by atoms with Crippen LogP contribution in [0.25, 0.3) is 0 Å². The number of aryl methyl sites for hydroxylation is 1. The molecule has 0 aromatic heterocycles. The smallest absolute Gasteiger partial charge is 0.416 e. The van der Waals surface area contributed by atoms with Crippen molar-refractivity contribution >= 4 is 17.6 Å². The molecule has 1 amide bonds. The molecule has 0 aliphatic rings.